The number of rotatable bonds is 0. The van der Waals surface area contributed by atoms with Crippen LogP contribution in [0.15, 0.2) is 53.4 Å². The number of carbonyl (C=O) groups is 1. The lowest BCUT2D eigenvalue weighted by atomic mass is 9.99. The van der Waals surface area contributed by atoms with Crippen molar-refractivity contribution in [3.63, 3.8) is 0 Å². The van der Waals surface area contributed by atoms with Crippen LogP contribution in [0.2, 0.25) is 0 Å². The van der Waals surface area contributed by atoms with Crippen molar-refractivity contribution in [2.75, 3.05) is 0 Å². The minimum atomic E-state index is 0.111. The first-order valence-corrected chi connectivity index (χ1v) is 6.33. The summed E-state index contributed by atoms with van der Waals surface area (Å²) in [6.07, 6.45) is 0. The Hall–Kier alpha value is -1.74. The number of hydrogen-bond acceptors (Lipinski definition) is 2. The van der Waals surface area contributed by atoms with Crippen LogP contribution in [0.25, 0.3) is 0 Å². The van der Waals surface area contributed by atoms with E-state index in [1.54, 1.807) is 11.9 Å². The van der Waals surface area contributed by atoms with Crippen LogP contribution < -0.4 is 0 Å². The molecule has 0 aliphatic carbocycles. The summed E-state index contributed by atoms with van der Waals surface area (Å²) in [7, 11) is 0. The van der Waals surface area contributed by atoms with E-state index in [0.717, 1.165) is 11.1 Å². The first kappa shape index (κ1) is 9.31. The third-order valence-corrected chi connectivity index (χ3v) is 4.47. The lowest BCUT2D eigenvalue weighted by Gasteiger charge is -2.13. The van der Waals surface area contributed by atoms with Crippen LogP contribution in [0.5, 0.6) is 0 Å². The average Bonchev–Trinajstić information content (AvgIpc) is 2.88. The maximum absolute atomic E-state index is 12.3. The molecule has 0 saturated carbocycles. The van der Waals surface area contributed by atoms with Crippen molar-refractivity contribution in [2.24, 2.45) is 0 Å². The van der Waals surface area contributed by atoms with Crippen LogP contribution in [-0.4, -0.2) is 10.2 Å². The largest absolute Gasteiger partial charge is 0.268 e. The number of fused-ring (bicyclic) bond motifs is 5. The van der Waals surface area contributed by atoms with E-state index in [0.29, 0.717) is 0 Å². The lowest BCUT2D eigenvalue weighted by Crippen LogP contribution is -2.16. The molecule has 0 radical (unpaired) electrons. The summed E-state index contributed by atoms with van der Waals surface area (Å²) in [5.41, 5.74) is 3.23. The van der Waals surface area contributed by atoms with Crippen molar-refractivity contribution >= 4 is 17.9 Å². The van der Waals surface area contributed by atoms with Gasteiger partial charge in [0.1, 0.15) is 0 Å². The van der Waals surface area contributed by atoms with E-state index in [1.807, 2.05) is 34.6 Å². The normalized spacial score (nSPS) is 20.1. The molecule has 0 aromatic heterocycles. The van der Waals surface area contributed by atoms with Gasteiger partial charge in [-0.3, -0.25) is 9.10 Å². The summed E-state index contributed by atoms with van der Waals surface area (Å²) in [5, 5.41) is 0. The SMILES string of the molecule is O=C1c2ccccc2C2c3ccccc3SN12. The zero-order valence-electron chi connectivity index (χ0n) is 8.96. The van der Waals surface area contributed by atoms with Gasteiger partial charge in [-0.25, -0.2) is 0 Å². The Kier molecular flexibility index (Phi) is 1.72. The molecule has 3 heteroatoms. The lowest BCUT2D eigenvalue weighted by molar-refractivity contribution is 0.0880. The Morgan fingerprint density at radius 2 is 1.65 bits per heavy atom. The average molecular weight is 239 g/mol. The van der Waals surface area contributed by atoms with E-state index < -0.39 is 0 Å². The summed E-state index contributed by atoms with van der Waals surface area (Å²) in [6.45, 7) is 0. The highest BCUT2D eigenvalue weighted by atomic mass is 32.2. The van der Waals surface area contributed by atoms with Gasteiger partial charge in [0.15, 0.2) is 0 Å². The van der Waals surface area contributed by atoms with Crippen LogP contribution in [0.1, 0.15) is 27.5 Å². The molecule has 4 rings (SSSR count). The standard InChI is InChI=1S/C14H9NOS/c16-14-10-6-2-1-5-9(10)13-11-7-3-4-8-12(11)17-15(13)14/h1-8,13H. The molecule has 0 spiro atoms. The van der Waals surface area contributed by atoms with Crippen molar-refractivity contribution in [1.82, 2.24) is 4.31 Å². The molecule has 1 unspecified atom stereocenters. The Bertz CT molecular complexity index is 638. The van der Waals surface area contributed by atoms with E-state index >= 15 is 0 Å². The van der Waals surface area contributed by atoms with Gasteiger partial charge in [0.25, 0.3) is 5.91 Å². The number of hydrogen-bond donors (Lipinski definition) is 0. The fraction of sp³-hybridized carbons (Fsp3) is 0.0714. The number of nitrogens with zero attached hydrogens (tertiary/aromatic N) is 1. The smallest absolute Gasteiger partial charge is 0.265 e. The zero-order valence-corrected chi connectivity index (χ0v) is 9.78. The monoisotopic (exact) mass is 239 g/mol. The zero-order chi connectivity index (χ0) is 11.4. The van der Waals surface area contributed by atoms with Crippen LogP contribution in [0, 0.1) is 0 Å². The van der Waals surface area contributed by atoms with Gasteiger partial charge in [-0.15, -0.1) is 0 Å². The highest BCUT2D eigenvalue weighted by Crippen LogP contribution is 2.52. The van der Waals surface area contributed by atoms with Gasteiger partial charge in [-0.1, -0.05) is 36.4 Å². The molecule has 17 heavy (non-hydrogen) atoms. The van der Waals surface area contributed by atoms with E-state index in [2.05, 4.69) is 18.2 Å². The Labute approximate surface area is 103 Å². The molecule has 0 fully saturated rings. The molecule has 1 amide bonds. The van der Waals surface area contributed by atoms with Crippen LogP contribution in [0.3, 0.4) is 0 Å². The third kappa shape index (κ3) is 1.09. The van der Waals surface area contributed by atoms with Gasteiger partial charge >= 0.3 is 0 Å². The molecule has 0 saturated heterocycles. The van der Waals surface area contributed by atoms with Crippen molar-refractivity contribution in [3.05, 3.63) is 65.2 Å². The van der Waals surface area contributed by atoms with Crippen molar-refractivity contribution < 1.29 is 4.79 Å². The fourth-order valence-electron chi connectivity index (χ4n) is 2.58. The Morgan fingerprint density at radius 1 is 0.941 bits per heavy atom. The number of amides is 1. The van der Waals surface area contributed by atoms with Gasteiger partial charge < -0.3 is 0 Å². The fourth-order valence-corrected chi connectivity index (χ4v) is 3.73. The molecule has 2 nitrogen and oxygen atoms in total. The van der Waals surface area contributed by atoms with Gasteiger partial charge in [0, 0.05) is 10.5 Å². The molecule has 2 heterocycles. The first-order valence-electron chi connectivity index (χ1n) is 5.55. The third-order valence-electron chi connectivity index (χ3n) is 3.33. The second-order valence-corrected chi connectivity index (χ2v) is 5.27. The molecule has 1 atom stereocenters. The number of carbonyl (C=O) groups excluding carboxylic acids is 1. The molecular formula is C14H9NOS. The summed E-state index contributed by atoms with van der Waals surface area (Å²) < 4.78 is 1.88. The molecule has 2 aliphatic rings. The molecule has 0 N–H and O–H groups in total. The van der Waals surface area contributed by atoms with Gasteiger partial charge in [0.05, 0.1) is 6.04 Å². The summed E-state index contributed by atoms with van der Waals surface area (Å²) >= 11 is 1.56. The molecular weight excluding hydrogens is 230 g/mol. The summed E-state index contributed by atoms with van der Waals surface area (Å²) in [6, 6.07) is 16.3. The number of benzene rings is 2. The molecule has 2 aromatic carbocycles. The van der Waals surface area contributed by atoms with E-state index in [-0.39, 0.29) is 11.9 Å². The van der Waals surface area contributed by atoms with E-state index in [9.17, 15) is 4.79 Å². The Balaban J connectivity index is 1.99. The molecule has 2 aromatic rings. The summed E-state index contributed by atoms with van der Waals surface area (Å²) in [5.74, 6) is 0.131. The molecule has 0 bridgehead atoms. The van der Waals surface area contributed by atoms with Gasteiger partial charge in [0.2, 0.25) is 0 Å². The van der Waals surface area contributed by atoms with Crippen LogP contribution in [-0.2, 0) is 0 Å². The Morgan fingerprint density at radius 3 is 2.53 bits per heavy atom. The van der Waals surface area contributed by atoms with Crippen LogP contribution in [0.4, 0.5) is 0 Å². The molecule has 2 aliphatic heterocycles. The van der Waals surface area contributed by atoms with Gasteiger partial charge in [-0.05, 0) is 35.2 Å². The highest BCUT2D eigenvalue weighted by molar-refractivity contribution is 7.98. The van der Waals surface area contributed by atoms with Crippen molar-refractivity contribution in [3.8, 4) is 0 Å². The van der Waals surface area contributed by atoms with Crippen LogP contribution >= 0.6 is 11.9 Å². The van der Waals surface area contributed by atoms with E-state index in [4.69, 9.17) is 0 Å². The highest BCUT2D eigenvalue weighted by Gasteiger charge is 2.43. The van der Waals surface area contributed by atoms with E-state index in [1.165, 1.54) is 10.5 Å². The minimum Gasteiger partial charge on any atom is -0.268 e. The predicted octanol–water partition coefficient (Wildman–Crippen LogP) is 3.25. The second kappa shape index (κ2) is 3.14. The maximum Gasteiger partial charge on any atom is 0.265 e. The topological polar surface area (TPSA) is 20.3 Å². The van der Waals surface area contributed by atoms with Gasteiger partial charge in [-0.2, -0.15) is 0 Å². The summed E-state index contributed by atoms with van der Waals surface area (Å²) in [4.78, 5) is 13.4. The minimum absolute atomic E-state index is 0.111. The predicted molar refractivity (Wildman–Crippen MR) is 66.8 cm³/mol. The first-order chi connectivity index (χ1) is 8.36. The quantitative estimate of drug-likeness (QED) is 0.658. The molecule has 82 valence electrons. The van der Waals surface area contributed by atoms with Crippen molar-refractivity contribution in [1.29, 1.82) is 0 Å². The second-order valence-electron chi connectivity index (χ2n) is 4.25. The maximum atomic E-state index is 12.3. The van der Waals surface area contributed by atoms with Crippen molar-refractivity contribution in [2.45, 2.75) is 10.9 Å².